The van der Waals surface area contributed by atoms with Crippen LogP contribution in [0.3, 0.4) is 0 Å². The Balaban J connectivity index is 0.000000126. The molecule has 0 atom stereocenters. The van der Waals surface area contributed by atoms with Crippen LogP contribution < -0.4 is 0 Å². The van der Waals surface area contributed by atoms with Crippen LogP contribution in [0.15, 0.2) is 425 Å². The van der Waals surface area contributed by atoms with Gasteiger partial charge in [0.1, 0.15) is 0 Å². The van der Waals surface area contributed by atoms with Crippen LogP contribution in [0, 0.1) is 55.4 Å². The molecule has 24 rings (SSSR count). The fraction of sp³-hybridized carbons (Fsp3) is 0.0840. The first-order valence-electron chi connectivity index (χ1n) is 44.9. The van der Waals surface area contributed by atoms with Crippen LogP contribution in [0.25, 0.3) is 230 Å². The summed E-state index contributed by atoms with van der Waals surface area (Å²) < 4.78 is 0. The minimum absolute atomic E-state index is 0. The van der Waals surface area contributed by atoms with Crippen molar-refractivity contribution in [3.63, 3.8) is 0 Å². The lowest BCUT2D eigenvalue weighted by molar-refractivity contribution is 1.45. The van der Waals surface area contributed by atoms with Crippen molar-refractivity contribution in [1.29, 1.82) is 0 Å². The summed E-state index contributed by atoms with van der Waals surface area (Å²) in [5.74, 6) is 0. The average molecular weight is 1680 g/mol. The van der Waals surface area contributed by atoms with Crippen molar-refractivity contribution in [2.24, 2.45) is 0 Å². The van der Waals surface area contributed by atoms with Crippen molar-refractivity contribution in [2.45, 2.75) is 77.7 Å². The molecule has 0 unspecified atom stereocenters. The van der Waals surface area contributed by atoms with Gasteiger partial charge in [-0.25, -0.2) is 0 Å². The first-order valence-corrected chi connectivity index (χ1v) is 44.9. The maximum absolute atomic E-state index is 2.44. The van der Waals surface area contributed by atoms with Gasteiger partial charge in [0, 0.05) is 0 Å². The smallest absolute Gasteiger partial charge is 0.00139 e. The quantitative estimate of drug-likeness (QED) is 0.107. The molecule has 0 radical (unpaired) electrons. The van der Waals surface area contributed by atoms with Gasteiger partial charge >= 0.3 is 0 Å². The highest BCUT2D eigenvalue weighted by Crippen LogP contribution is 2.54. The van der Waals surface area contributed by atoms with Crippen LogP contribution in [0.4, 0.5) is 0 Å². The zero-order valence-corrected chi connectivity index (χ0v) is 73.4. The predicted molar refractivity (Wildman–Crippen MR) is 574 cm³/mol. The number of hydrogen-bond donors (Lipinski definition) is 0. The lowest BCUT2D eigenvalue weighted by Crippen LogP contribution is -1.96. The molecule has 0 aliphatic carbocycles. The zero-order chi connectivity index (χ0) is 86.4. The van der Waals surface area contributed by atoms with Crippen molar-refractivity contribution in [2.75, 3.05) is 0 Å². The highest BCUT2D eigenvalue weighted by atomic mass is 14.3. The largest absolute Gasteiger partial charge is 0.0776 e. The van der Waals surface area contributed by atoms with Crippen molar-refractivity contribution in [3.8, 4) is 134 Å². The molecule has 630 valence electrons. The summed E-state index contributed by atoms with van der Waals surface area (Å²) in [5.41, 5.74) is 40.8. The molecule has 0 aromatic heterocycles. The van der Waals surface area contributed by atoms with Crippen LogP contribution in [-0.2, 0) is 0 Å². The topological polar surface area (TPSA) is 0 Å². The molecule has 0 aliphatic heterocycles. The predicted octanol–water partition coefficient (Wildman–Crippen LogP) is 38.1. The highest BCUT2D eigenvalue weighted by molar-refractivity contribution is 6.35. The van der Waals surface area contributed by atoms with E-state index >= 15 is 0 Å². The molecule has 24 aromatic carbocycles. The van der Waals surface area contributed by atoms with Crippen molar-refractivity contribution < 1.29 is 0 Å². The van der Waals surface area contributed by atoms with E-state index in [1.54, 1.807) is 0 Å². The third-order valence-corrected chi connectivity index (χ3v) is 27.1. The van der Waals surface area contributed by atoms with Crippen molar-refractivity contribution in [1.82, 2.24) is 0 Å². The van der Waals surface area contributed by atoms with E-state index in [2.05, 4.69) is 480 Å². The Morgan fingerprint density at radius 2 is 0.252 bits per heavy atom. The molecule has 0 heterocycles. The second-order valence-electron chi connectivity index (χ2n) is 35.2. The number of rotatable bonds is 12. The van der Waals surface area contributed by atoms with Crippen molar-refractivity contribution >= 4 is 97.0 Å². The molecule has 0 saturated carbocycles. The third kappa shape index (κ3) is 15.0. The Bertz CT molecular complexity index is 7450. The molecular formula is C131H106. The van der Waals surface area contributed by atoms with Gasteiger partial charge in [0.25, 0.3) is 0 Å². The van der Waals surface area contributed by atoms with Gasteiger partial charge in [0.2, 0.25) is 0 Å². The Labute approximate surface area is 771 Å². The van der Waals surface area contributed by atoms with Crippen LogP contribution in [-0.4, -0.2) is 0 Å². The monoisotopic (exact) mass is 1680 g/mol. The fourth-order valence-corrected chi connectivity index (χ4v) is 21.0. The summed E-state index contributed by atoms with van der Waals surface area (Å²) in [6, 6.07) is 157. The molecule has 0 fully saturated rings. The second kappa shape index (κ2) is 35.2. The summed E-state index contributed by atoms with van der Waals surface area (Å²) in [7, 11) is 0. The van der Waals surface area contributed by atoms with Crippen LogP contribution in [0.5, 0.6) is 0 Å². The molecule has 0 heteroatoms. The van der Waals surface area contributed by atoms with E-state index in [-0.39, 0.29) is 22.3 Å². The summed E-state index contributed by atoms with van der Waals surface area (Å²) in [4.78, 5) is 0. The molecule has 131 heavy (non-hydrogen) atoms. The normalized spacial score (nSPS) is 11.3. The molecule has 0 amide bonds. The van der Waals surface area contributed by atoms with Crippen LogP contribution >= 0.6 is 0 Å². The van der Waals surface area contributed by atoms with Gasteiger partial charge in [0.15, 0.2) is 0 Å². The summed E-state index contributed by atoms with van der Waals surface area (Å²) in [6.45, 7) is 17.7. The second-order valence-corrected chi connectivity index (χ2v) is 35.2. The maximum atomic E-state index is 2.44. The SMILES string of the molecule is C.C.C.Cc1cccc(-c2cc(-c3cccc(C)c3)c3ccc4c(-c5cccc(C)c5)cc(-c5cccc(C)c5)c5ccc2c3c54)c1.Cc1ccccc1-c1cc(-c2ccccc2C)c2ccc3c(-c4ccccc4C)cc(-c4ccccc4C)c4ccc1c2c43.c1ccc(-c2cc(-c3ccccc3)c3ccc4c(-c5ccccc5)cc(-c5ccccc5)c5ccc2c3c54)cc1. The van der Waals surface area contributed by atoms with Gasteiger partial charge in [-0.1, -0.05) is 433 Å². The molecular weight excluding hydrogens is 1570 g/mol. The minimum Gasteiger partial charge on any atom is -0.0776 e. The van der Waals surface area contributed by atoms with E-state index in [0.29, 0.717) is 0 Å². The first kappa shape index (κ1) is 84.9. The summed E-state index contributed by atoms with van der Waals surface area (Å²) in [5, 5.41) is 23.7. The number of hydrogen-bond acceptors (Lipinski definition) is 0. The van der Waals surface area contributed by atoms with Crippen LogP contribution in [0.1, 0.15) is 66.8 Å². The third-order valence-electron chi connectivity index (χ3n) is 27.1. The molecule has 0 saturated heterocycles. The van der Waals surface area contributed by atoms with E-state index in [0.717, 1.165) is 0 Å². The molecule has 24 aromatic rings. The standard InChI is InChI=1S/2C44H34.C40H26.3CH4/c1-27-9-5-13-31(21-27)39-25-40(32-14-6-10-28(2)22-32)36-19-20-38-42(34-16-8-12-30(4)24-34)26-41(33-15-7-11-29(3)23-33)37-18-17-35(39)43(36)44(37)38;1-27-13-5-9-17-31(27)39-25-40(32-18-10-6-14-28(32)2)36-23-24-38-42(34-20-12-8-16-30(34)4)26-41(33-19-11-7-15-29(33)3)37-22-21-35(39)43(36)44(37)38;1-5-13-27(14-6-1)35-25-36(28-15-7-2-8-16-28)32-23-24-34-38(30-19-11-4-12-20-30)26-37(29-17-9-3-10-18-29)33-22-21-31(35)39(32)40(33)34;;;/h2*5-26H,1-4H3;1-26H;3*1H4. The number of benzene rings is 24. The molecule has 0 aliphatic rings. The Morgan fingerprint density at radius 1 is 0.107 bits per heavy atom. The van der Waals surface area contributed by atoms with E-state index in [4.69, 9.17) is 0 Å². The Kier molecular flexibility index (Phi) is 22.8. The van der Waals surface area contributed by atoms with Crippen molar-refractivity contribution in [3.05, 3.63) is 469 Å². The maximum Gasteiger partial charge on any atom is -0.00139 e. The van der Waals surface area contributed by atoms with E-state index in [9.17, 15) is 0 Å². The first-order chi connectivity index (χ1) is 62.8. The van der Waals surface area contributed by atoms with Gasteiger partial charge in [-0.3, -0.25) is 0 Å². The van der Waals surface area contributed by atoms with Gasteiger partial charge in [-0.15, -0.1) is 0 Å². The molecule has 0 nitrogen and oxygen atoms in total. The molecule has 0 bridgehead atoms. The fourth-order valence-electron chi connectivity index (χ4n) is 21.0. The van der Waals surface area contributed by atoms with Gasteiger partial charge in [0.05, 0.1) is 0 Å². The highest BCUT2D eigenvalue weighted by Gasteiger charge is 2.27. The lowest BCUT2D eigenvalue weighted by Gasteiger charge is -2.23. The average Bonchev–Trinajstić information content (AvgIpc) is 0.724. The van der Waals surface area contributed by atoms with Gasteiger partial charge < -0.3 is 0 Å². The Hall–Kier alpha value is -15.6. The summed E-state index contributed by atoms with van der Waals surface area (Å²) >= 11 is 0. The van der Waals surface area contributed by atoms with E-state index < -0.39 is 0 Å². The van der Waals surface area contributed by atoms with Gasteiger partial charge in [-0.05, 0) is 345 Å². The van der Waals surface area contributed by atoms with E-state index in [1.807, 2.05) is 0 Å². The van der Waals surface area contributed by atoms with Crippen LogP contribution in [0.2, 0.25) is 0 Å². The van der Waals surface area contributed by atoms with E-state index in [1.165, 1.54) is 275 Å². The summed E-state index contributed by atoms with van der Waals surface area (Å²) in [6.07, 6.45) is 0. The lowest BCUT2D eigenvalue weighted by atomic mass is 9.80. The zero-order valence-electron chi connectivity index (χ0n) is 73.4. The molecule has 0 N–H and O–H groups in total. The number of aryl methyl sites for hydroxylation is 8. The molecule has 0 spiro atoms. The Morgan fingerprint density at radius 3 is 0.427 bits per heavy atom. The van der Waals surface area contributed by atoms with Gasteiger partial charge in [-0.2, -0.15) is 0 Å². The minimum atomic E-state index is 0.